The standard InChI is InChI=1S/C28H37F3N2O4S/c1-26(2,3)25-17-23(32-33(25)21-9-11-37-12-10-21)24(34)15-18-13-20(14-18)27(4,5)38(35,36)22-8-6-7-19(16-22)28(29,30)31/h6-8,16-18,20-21H,9-15H2,1-5H3. The van der Waals surface area contributed by atoms with Crippen LogP contribution in [-0.2, 0) is 26.2 Å². The quantitative estimate of drug-likeness (QED) is 0.370. The molecule has 0 bridgehead atoms. The zero-order valence-electron chi connectivity index (χ0n) is 22.6. The van der Waals surface area contributed by atoms with Gasteiger partial charge in [0.25, 0.3) is 0 Å². The highest BCUT2D eigenvalue weighted by Crippen LogP contribution is 2.48. The lowest BCUT2D eigenvalue weighted by molar-refractivity contribution is -0.137. The molecule has 4 rings (SSSR count). The van der Waals surface area contributed by atoms with Crippen LogP contribution in [0.3, 0.4) is 0 Å². The lowest BCUT2D eigenvalue weighted by Crippen LogP contribution is -2.46. The Kier molecular flexibility index (Phi) is 7.64. The first-order valence-electron chi connectivity index (χ1n) is 13.1. The van der Waals surface area contributed by atoms with E-state index in [2.05, 4.69) is 20.8 Å². The SMILES string of the molecule is CC(C)(C)c1cc(C(=O)CC2CC(C(C)(C)S(=O)(=O)c3cccc(C(F)(F)F)c3)C2)nn1C1CCOCC1. The van der Waals surface area contributed by atoms with Crippen molar-refractivity contribution in [3.05, 3.63) is 47.3 Å². The summed E-state index contributed by atoms with van der Waals surface area (Å²) in [6.07, 6.45) is -1.63. The number of Topliss-reactive ketones (excluding diaryl/α,β-unsaturated/α-hetero) is 1. The zero-order valence-corrected chi connectivity index (χ0v) is 23.5. The van der Waals surface area contributed by atoms with E-state index in [1.54, 1.807) is 13.8 Å². The lowest BCUT2D eigenvalue weighted by Gasteiger charge is -2.44. The van der Waals surface area contributed by atoms with Crippen molar-refractivity contribution in [2.24, 2.45) is 11.8 Å². The van der Waals surface area contributed by atoms with Crippen LogP contribution in [0, 0.1) is 11.8 Å². The van der Waals surface area contributed by atoms with E-state index in [-0.39, 0.29) is 40.4 Å². The van der Waals surface area contributed by atoms with Gasteiger partial charge in [0.2, 0.25) is 0 Å². The number of halogens is 3. The average Bonchev–Trinajstić information content (AvgIpc) is 3.27. The third-order valence-corrected chi connectivity index (χ3v) is 10.8. The van der Waals surface area contributed by atoms with Crippen LogP contribution in [0.2, 0.25) is 0 Å². The molecule has 0 unspecified atom stereocenters. The van der Waals surface area contributed by atoms with Crippen LogP contribution in [-0.4, -0.2) is 41.9 Å². The molecule has 0 amide bonds. The van der Waals surface area contributed by atoms with Gasteiger partial charge in [-0.2, -0.15) is 18.3 Å². The smallest absolute Gasteiger partial charge is 0.381 e. The number of sulfone groups is 1. The summed E-state index contributed by atoms with van der Waals surface area (Å²) in [5.74, 6) is -0.317. The fourth-order valence-corrected chi connectivity index (χ4v) is 7.28. The number of alkyl halides is 3. The fraction of sp³-hybridized carbons (Fsp3) is 0.643. The molecule has 38 heavy (non-hydrogen) atoms. The Morgan fingerprint density at radius 1 is 1.05 bits per heavy atom. The van der Waals surface area contributed by atoms with Crippen molar-refractivity contribution in [3.8, 4) is 0 Å². The highest BCUT2D eigenvalue weighted by atomic mass is 32.2. The Labute approximate surface area is 222 Å². The fourth-order valence-electron chi connectivity index (χ4n) is 5.50. The molecule has 0 spiro atoms. The number of carbonyl (C=O) groups excluding carboxylic acids is 1. The minimum absolute atomic E-state index is 0.00908. The van der Waals surface area contributed by atoms with Gasteiger partial charge in [-0.05, 0) is 75.6 Å². The van der Waals surface area contributed by atoms with Crippen molar-refractivity contribution < 1.29 is 31.1 Å². The van der Waals surface area contributed by atoms with Crippen molar-refractivity contribution in [1.29, 1.82) is 0 Å². The first kappa shape index (κ1) is 28.8. The van der Waals surface area contributed by atoms with E-state index in [0.29, 0.717) is 37.8 Å². The number of nitrogens with zero attached hydrogens (tertiary/aromatic N) is 2. The van der Waals surface area contributed by atoms with Gasteiger partial charge in [-0.15, -0.1) is 0 Å². The van der Waals surface area contributed by atoms with Crippen LogP contribution in [0.5, 0.6) is 0 Å². The highest BCUT2D eigenvalue weighted by Gasteiger charge is 2.49. The van der Waals surface area contributed by atoms with Gasteiger partial charge in [0, 0.05) is 30.7 Å². The minimum atomic E-state index is -4.62. The van der Waals surface area contributed by atoms with Crippen LogP contribution >= 0.6 is 0 Å². The summed E-state index contributed by atoms with van der Waals surface area (Å²) in [7, 11) is -4.03. The number of aromatic nitrogens is 2. The Morgan fingerprint density at radius 3 is 2.26 bits per heavy atom. The van der Waals surface area contributed by atoms with Crippen LogP contribution in [0.25, 0.3) is 0 Å². The summed E-state index contributed by atoms with van der Waals surface area (Å²) in [6, 6.07) is 5.99. The molecule has 1 aliphatic carbocycles. The van der Waals surface area contributed by atoms with Crippen molar-refractivity contribution in [3.63, 3.8) is 0 Å². The minimum Gasteiger partial charge on any atom is -0.381 e. The second-order valence-corrected chi connectivity index (χ2v) is 14.8. The van der Waals surface area contributed by atoms with E-state index >= 15 is 0 Å². The molecule has 10 heteroatoms. The molecule has 1 aliphatic heterocycles. The van der Waals surface area contributed by atoms with Gasteiger partial charge in [-0.25, -0.2) is 8.42 Å². The first-order valence-corrected chi connectivity index (χ1v) is 14.6. The van der Waals surface area contributed by atoms with Crippen molar-refractivity contribution in [2.45, 2.75) is 94.0 Å². The lowest BCUT2D eigenvalue weighted by atomic mass is 9.67. The summed E-state index contributed by atoms with van der Waals surface area (Å²) >= 11 is 0. The molecule has 0 N–H and O–H groups in total. The van der Waals surface area contributed by atoms with Crippen LogP contribution in [0.4, 0.5) is 13.2 Å². The van der Waals surface area contributed by atoms with Crippen LogP contribution < -0.4 is 0 Å². The molecule has 2 heterocycles. The molecule has 2 fully saturated rings. The predicted octanol–water partition coefficient (Wildman–Crippen LogP) is 6.40. The van der Waals surface area contributed by atoms with Crippen molar-refractivity contribution in [2.75, 3.05) is 13.2 Å². The second kappa shape index (κ2) is 10.1. The molecule has 6 nitrogen and oxygen atoms in total. The number of rotatable bonds is 7. The van der Waals surface area contributed by atoms with E-state index in [1.807, 2.05) is 10.7 Å². The second-order valence-electron chi connectivity index (χ2n) is 12.2. The van der Waals surface area contributed by atoms with Gasteiger partial charge in [0.15, 0.2) is 15.6 Å². The predicted molar refractivity (Wildman–Crippen MR) is 138 cm³/mol. The molecule has 1 aromatic heterocycles. The van der Waals surface area contributed by atoms with Crippen molar-refractivity contribution >= 4 is 15.6 Å². The molecule has 0 radical (unpaired) electrons. The molecule has 2 aliphatic rings. The molecule has 1 saturated carbocycles. The third kappa shape index (κ3) is 5.57. The Balaban J connectivity index is 1.45. The van der Waals surface area contributed by atoms with Crippen molar-refractivity contribution in [1.82, 2.24) is 9.78 Å². The van der Waals surface area contributed by atoms with E-state index < -0.39 is 26.3 Å². The van der Waals surface area contributed by atoms with Gasteiger partial charge in [0.05, 0.1) is 21.2 Å². The molecule has 210 valence electrons. The molecule has 0 atom stereocenters. The number of carbonyl (C=O) groups is 1. The number of ether oxygens (including phenoxy) is 1. The third-order valence-electron chi connectivity index (χ3n) is 8.18. The number of hydrogen-bond donors (Lipinski definition) is 0. The maximum atomic E-state index is 13.3. The maximum Gasteiger partial charge on any atom is 0.416 e. The average molecular weight is 555 g/mol. The van der Waals surface area contributed by atoms with Gasteiger partial charge in [-0.3, -0.25) is 9.48 Å². The van der Waals surface area contributed by atoms with Gasteiger partial charge in [-0.1, -0.05) is 26.8 Å². The van der Waals surface area contributed by atoms with Gasteiger partial charge in [0.1, 0.15) is 5.69 Å². The molecule has 1 aromatic carbocycles. The maximum absolute atomic E-state index is 13.3. The van der Waals surface area contributed by atoms with E-state index in [0.717, 1.165) is 30.7 Å². The number of ketones is 1. The summed E-state index contributed by atoms with van der Waals surface area (Å²) < 4.78 is 72.4. The van der Waals surface area contributed by atoms with Gasteiger partial charge >= 0.3 is 6.18 Å². The first-order chi connectivity index (χ1) is 17.5. The Bertz CT molecular complexity index is 1280. The number of hydrogen-bond acceptors (Lipinski definition) is 5. The highest BCUT2D eigenvalue weighted by molar-refractivity contribution is 7.92. The summed E-state index contributed by atoms with van der Waals surface area (Å²) in [5.41, 5.74) is 0.266. The number of benzene rings is 1. The summed E-state index contributed by atoms with van der Waals surface area (Å²) in [6.45, 7) is 10.7. The zero-order chi connectivity index (χ0) is 28.1. The topological polar surface area (TPSA) is 78.3 Å². The largest absolute Gasteiger partial charge is 0.416 e. The Morgan fingerprint density at radius 2 is 1.68 bits per heavy atom. The molecular formula is C28H37F3N2O4S. The van der Waals surface area contributed by atoms with E-state index in [9.17, 15) is 26.4 Å². The monoisotopic (exact) mass is 554 g/mol. The molecule has 1 saturated heterocycles. The summed E-state index contributed by atoms with van der Waals surface area (Å²) in [5, 5.41) is 4.71. The van der Waals surface area contributed by atoms with Gasteiger partial charge < -0.3 is 4.74 Å². The Hall–Kier alpha value is -2.20. The van der Waals surface area contributed by atoms with E-state index in [4.69, 9.17) is 9.84 Å². The van der Waals surface area contributed by atoms with E-state index in [1.165, 1.54) is 6.07 Å². The molecular weight excluding hydrogens is 517 g/mol. The molecule has 2 aromatic rings. The van der Waals surface area contributed by atoms with Crippen LogP contribution in [0.15, 0.2) is 35.2 Å². The normalized spacial score (nSPS) is 21.8. The summed E-state index contributed by atoms with van der Waals surface area (Å²) in [4.78, 5) is 12.9. The van der Waals surface area contributed by atoms with Crippen LogP contribution in [0.1, 0.15) is 94.5 Å².